The lowest BCUT2D eigenvalue weighted by Gasteiger charge is -2.21. The minimum absolute atomic E-state index is 0.0515. The summed E-state index contributed by atoms with van der Waals surface area (Å²) in [6, 6.07) is 6.90. The number of methoxy groups -OCH3 is 1. The summed E-state index contributed by atoms with van der Waals surface area (Å²) >= 11 is 0. The molecule has 0 aromatic heterocycles. The average molecular weight is 260 g/mol. The van der Waals surface area contributed by atoms with Crippen LogP contribution in [0.4, 0.5) is 0 Å². The number of rotatable bonds is 5. The maximum absolute atomic E-state index is 12.3. The van der Waals surface area contributed by atoms with E-state index < -0.39 is 0 Å². The Morgan fingerprint density at radius 2 is 2.32 bits per heavy atom. The molecule has 1 aromatic carbocycles. The molecule has 1 aromatic rings. The molecule has 0 radical (unpaired) electrons. The molecule has 1 aliphatic rings. The van der Waals surface area contributed by atoms with Crippen molar-refractivity contribution < 1.29 is 14.6 Å². The highest BCUT2D eigenvalue weighted by atomic mass is 16.5. The number of hydrogen-bond donors (Lipinski definition) is 1. The molecule has 5 nitrogen and oxygen atoms in total. The normalized spacial score (nSPS) is 13.7. The van der Waals surface area contributed by atoms with E-state index in [4.69, 9.17) is 10.00 Å². The van der Waals surface area contributed by atoms with Crippen LogP contribution in [0, 0.1) is 11.3 Å². The Kier molecular flexibility index (Phi) is 3.91. The number of benzene rings is 1. The van der Waals surface area contributed by atoms with Gasteiger partial charge in [0.25, 0.3) is 5.91 Å². The molecular weight excluding hydrogens is 244 g/mol. The lowest BCUT2D eigenvalue weighted by Crippen LogP contribution is -2.33. The molecule has 19 heavy (non-hydrogen) atoms. The van der Waals surface area contributed by atoms with Gasteiger partial charge < -0.3 is 14.7 Å². The van der Waals surface area contributed by atoms with Crippen molar-refractivity contribution in [1.82, 2.24) is 4.90 Å². The number of nitrogens with zero attached hydrogens (tertiary/aromatic N) is 2. The molecule has 0 unspecified atom stereocenters. The molecule has 1 aliphatic carbocycles. The number of hydrogen-bond acceptors (Lipinski definition) is 4. The monoisotopic (exact) mass is 260 g/mol. The van der Waals surface area contributed by atoms with Crippen LogP contribution in [0.2, 0.25) is 0 Å². The number of carbonyl (C=O) groups excluding carboxylic acids is 1. The van der Waals surface area contributed by atoms with E-state index in [-0.39, 0.29) is 17.7 Å². The van der Waals surface area contributed by atoms with Crippen LogP contribution < -0.4 is 4.74 Å². The molecule has 5 heteroatoms. The second kappa shape index (κ2) is 5.61. The van der Waals surface area contributed by atoms with Crippen LogP contribution in [0.1, 0.15) is 29.6 Å². The largest absolute Gasteiger partial charge is 0.504 e. The van der Waals surface area contributed by atoms with Crippen molar-refractivity contribution in [2.75, 3.05) is 13.7 Å². The van der Waals surface area contributed by atoms with Crippen molar-refractivity contribution >= 4 is 5.91 Å². The average Bonchev–Trinajstić information content (AvgIpc) is 3.23. The Balaban J connectivity index is 2.17. The molecule has 1 N–H and O–H groups in total. The smallest absolute Gasteiger partial charge is 0.254 e. The minimum atomic E-state index is -0.143. The highest BCUT2D eigenvalue weighted by Crippen LogP contribution is 2.31. The third-order valence-electron chi connectivity index (χ3n) is 3.14. The zero-order valence-electron chi connectivity index (χ0n) is 10.8. The fourth-order valence-corrected chi connectivity index (χ4v) is 2.00. The number of phenols is 1. The predicted molar refractivity (Wildman–Crippen MR) is 68.9 cm³/mol. The molecule has 0 heterocycles. The lowest BCUT2D eigenvalue weighted by atomic mass is 10.1. The molecular formula is C14H16N2O3. The number of ether oxygens (including phenoxy) is 1. The summed E-state index contributed by atoms with van der Waals surface area (Å²) < 4.78 is 4.95. The van der Waals surface area contributed by atoms with Gasteiger partial charge in [0.15, 0.2) is 11.5 Å². The molecule has 0 bridgehead atoms. The zero-order valence-corrected chi connectivity index (χ0v) is 10.8. The first-order valence-corrected chi connectivity index (χ1v) is 6.22. The Hall–Kier alpha value is -2.22. The zero-order chi connectivity index (χ0) is 13.8. The number of amides is 1. The van der Waals surface area contributed by atoms with Crippen LogP contribution in [-0.2, 0) is 0 Å². The van der Waals surface area contributed by atoms with E-state index >= 15 is 0 Å². The van der Waals surface area contributed by atoms with Gasteiger partial charge in [0.1, 0.15) is 0 Å². The fraction of sp³-hybridized carbons (Fsp3) is 0.429. The minimum Gasteiger partial charge on any atom is -0.504 e. The number of aromatic hydroxyl groups is 1. The summed E-state index contributed by atoms with van der Waals surface area (Å²) in [4.78, 5) is 14.1. The van der Waals surface area contributed by atoms with Crippen LogP contribution in [0.15, 0.2) is 18.2 Å². The van der Waals surface area contributed by atoms with Gasteiger partial charge in [0.05, 0.1) is 19.6 Å². The maximum Gasteiger partial charge on any atom is 0.254 e. The van der Waals surface area contributed by atoms with E-state index in [1.54, 1.807) is 17.0 Å². The second-order valence-corrected chi connectivity index (χ2v) is 4.52. The fourth-order valence-electron chi connectivity index (χ4n) is 2.00. The quantitative estimate of drug-likeness (QED) is 0.877. The van der Waals surface area contributed by atoms with Gasteiger partial charge >= 0.3 is 0 Å². The first-order valence-electron chi connectivity index (χ1n) is 6.22. The van der Waals surface area contributed by atoms with Gasteiger partial charge in [-0.3, -0.25) is 4.79 Å². The van der Waals surface area contributed by atoms with Crippen LogP contribution in [0.5, 0.6) is 11.5 Å². The second-order valence-electron chi connectivity index (χ2n) is 4.52. The van der Waals surface area contributed by atoms with Crippen LogP contribution in [0.25, 0.3) is 0 Å². The van der Waals surface area contributed by atoms with Crippen molar-refractivity contribution in [3.05, 3.63) is 23.8 Å². The van der Waals surface area contributed by atoms with Gasteiger partial charge in [-0.2, -0.15) is 5.26 Å². The maximum atomic E-state index is 12.3. The Bertz CT molecular complexity index is 518. The van der Waals surface area contributed by atoms with E-state index in [1.165, 1.54) is 13.2 Å². The highest BCUT2D eigenvalue weighted by molar-refractivity contribution is 5.95. The van der Waals surface area contributed by atoms with Crippen molar-refractivity contribution in [1.29, 1.82) is 5.26 Å². The van der Waals surface area contributed by atoms with Gasteiger partial charge in [-0.05, 0) is 31.0 Å². The van der Waals surface area contributed by atoms with Crippen molar-refractivity contribution in [3.63, 3.8) is 0 Å². The van der Waals surface area contributed by atoms with E-state index in [2.05, 4.69) is 6.07 Å². The topological polar surface area (TPSA) is 73.6 Å². The molecule has 0 aliphatic heterocycles. The van der Waals surface area contributed by atoms with E-state index in [0.29, 0.717) is 24.3 Å². The Morgan fingerprint density at radius 3 is 2.84 bits per heavy atom. The number of phenolic OH excluding ortho intramolecular Hbond substituents is 1. The lowest BCUT2D eigenvalue weighted by molar-refractivity contribution is 0.0746. The first-order chi connectivity index (χ1) is 9.17. The summed E-state index contributed by atoms with van der Waals surface area (Å²) in [7, 11) is 1.46. The first kappa shape index (κ1) is 13.2. The third kappa shape index (κ3) is 2.97. The van der Waals surface area contributed by atoms with E-state index in [9.17, 15) is 9.90 Å². The highest BCUT2D eigenvalue weighted by Gasteiger charge is 2.32. The molecule has 0 spiro atoms. The van der Waals surface area contributed by atoms with E-state index in [0.717, 1.165) is 12.8 Å². The molecule has 1 fully saturated rings. The van der Waals surface area contributed by atoms with Crippen LogP contribution in [-0.4, -0.2) is 35.6 Å². The molecule has 0 atom stereocenters. The van der Waals surface area contributed by atoms with Gasteiger partial charge in [-0.1, -0.05) is 0 Å². The van der Waals surface area contributed by atoms with Crippen LogP contribution >= 0.6 is 0 Å². The SMILES string of the molecule is COc1ccc(C(=O)N(CCC#N)C2CC2)cc1O. The summed E-state index contributed by atoms with van der Waals surface area (Å²) in [5.74, 6) is 0.145. The summed E-state index contributed by atoms with van der Waals surface area (Å²) in [5.41, 5.74) is 0.420. The third-order valence-corrected chi connectivity index (χ3v) is 3.14. The van der Waals surface area contributed by atoms with Crippen LogP contribution in [0.3, 0.4) is 0 Å². The van der Waals surface area contributed by atoms with Gasteiger partial charge in [0, 0.05) is 18.2 Å². The van der Waals surface area contributed by atoms with Gasteiger partial charge in [-0.25, -0.2) is 0 Å². The predicted octanol–water partition coefficient (Wildman–Crippen LogP) is 1.92. The number of nitriles is 1. The Morgan fingerprint density at radius 1 is 1.58 bits per heavy atom. The molecule has 1 amide bonds. The molecule has 2 rings (SSSR count). The van der Waals surface area contributed by atoms with Gasteiger partial charge in [0.2, 0.25) is 0 Å². The van der Waals surface area contributed by atoms with Crippen molar-refractivity contribution in [3.8, 4) is 17.6 Å². The van der Waals surface area contributed by atoms with E-state index in [1.807, 2.05) is 0 Å². The molecule has 1 saturated carbocycles. The van der Waals surface area contributed by atoms with Crippen molar-refractivity contribution in [2.45, 2.75) is 25.3 Å². The molecule has 0 saturated heterocycles. The summed E-state index contributed by atoms with van der Waals surface area (Å²) in [6.45, 7) is 0.437. The summed E-state index contributed by atoms with van der Waals surface area (Å²) in [5, 5.41) is 18.3. The summed E-state index contributed by atoms with van der Waals surface area (Å²) in [6.07, 6.45) is 2.29. The van der Waals surface area contributed by atoms with Gasteiger partial charge in [-0.15, -0.1) is 0 Å². The number of carbonyl (C=O) groups is 1. The van der Waals surface area contributed by atoms with Crippen molar-refractivity contribution in [2.24, 2.45) is 0 Å². The standard InChI is InChI=1S/C14H16N2O3/c1-19-13-6-3-10(9-12(13)17)14(18)16(8-2-7-15)11-4-5-11/h3,6,9,11,17H,2,4-5,8H2,1H3. The Labute approximate surface area is 112 Å². The molecule has 100 valence electrons.